The van der Waals surface area contributed by atoms with Crippen molar-refractivity contribution in [1.82, 2.24) is 0 Å². The summed E-state index contributed by atoms with van der Waals surface area (Å²) in [5.74, 6) is 6.17. The minimum absolute atomic E-state index is 0.679. The third kappa shape index (κ3) is 2.95. The Hall–Kier alpha value is 0.180. The van der Waals surface area contributed by atoms with Gasteiger partial charge in [-0.2, -0.15) is 0 Å². The zero-order chi connectivity index (χ0) is 15.3. The molecule has 4 saturated carbocycles. The van der Waals surface area contributed by atoms with Crippen LogP contribution in [0.15, 0.2) is 0 Å². The van der Waals surface area contributed by atoms with E-state index in [-0.39, 0.29) is 0 Å². The second-order valence-corrected chi connectivity index (χ2v) is 10.1. The summed E-state index contributed by atoms with van der Waals surface area (Å²) in [4.78, 5) is 2.80. The van der Waals surface area contributed by atoms with E-state index >= 15 is 0 Å². The Morgan fingerprint density at radius 1 is 0.773 bits per heavy atom. The standard InChI is InChI=1S/C20H30S2/c1-12(6-19(21)17-10-13-2-4-15(17)8-13)7-20(22)18-11-14-3-5-16(18)9-14/h12-18H,2-11H2,1H3. The first kappa shape index (κ1) is 15.7. The molecule has 122 valence electrons. The highest BCUT2D eigenvalue weighted by molar-refractivity contribution is 7.80. The van der Waals surface area contributed by atoms with Crippen LogP contribution in [0.3, 0.4) is 0 Å². The summed E-state index contributed by atoms with van der Waals surface area (Å²) in [6.45, 7) is 2.39. The fourth-order valence-corrected chi connectivity index (χ4v) is 7.49. The van der Waals surface area contributed by atoms with Gasteiger partial charge in [0.25, 0.3) is 0 Å². The number of fused-ring (bicyclic) bond motifs is 4. The molecule has 0 aromatic heterocycles. The van der Waals surface area contributed by atoms with Crippen molar-refractivity contribution in [3.63, 3.8) is 0 Å². The maximum absolute atomic E-state index is 5.85. The fourth-order valence-electron chi connectivity index (χ4n) is 6.34. The molecule has 0 amide bonds. The highest BCUT2D eigenvalue weighted by Gasteiger charge is 2.42. The third-order valence-corrected chi connectivity index (χ3v) is 8.34. The van der Waals surface area contributed by atoms with Crippen LogP contribution in [-0.4, -0.2) is 9.73 Å². The molecule has 0 aromatic rings. The van der Waals surface area contributed by atoms with E-state index in [9.17, 15) is 0 Å². The molecular weight excluding hydrogens is 304 g/mol. The Morgan fingerprint density at radius 3 is 1.55 bits per heavy atom. The van der Waals surface area contributed by atoms with Gasteiger partial charge >= 0.3 is 0 Å². The summed E-state index contributed by atoms with van der Waals surface area (Å²) in [5, 5.41) is 0. The molecule has 0 N–H and O–H groups in total. The quantitative estimate of drug-likeness (QED) is 0.545. The predicted molar refractivity (Wildman–Crippen MR) is 101 cm³/mol. The molecule has 4 aliphatic rings. The average molecular weight is 335 g/mol. The third-order valence-electron chi connectivity index (χ3n) is 7.40. The second-order valence-electron chi connectivity index (χ2n) is 9.01. The molecule has 4 aliphatic carbocycles. The van der Waals surface area contributed by atoms with Gasteiger partial charge in [-0.3, -0.25) is 0 Å². The molecular formula is C20H30S2. The van der Waals surface area contributed by atoms with Gasteiger partial charge in [-0.1, -0.05) is 44.2 Å². The van der Waals surface area contributed by atoms with Crippen LogP contribution in [0, 0.1) is 41.4 Å². The van der Waals surface area contributed by atoms with Crippen molar-refractivity contribution in [1.29, 1.82) is 0 Å². The monoisotopic (exact) mass is 334 g/mol. The molecule has 0 aromatic carbocycles. The molecule has 4 fully saturated rings. The van der Waals surface area contributed by atoms with Crippen molar-refractivity contribution in [2.45, 2.75) is 71.1 Å². The molecule has 4 bridgehead atoms. The average Bonchev–Trinajstić information content (AvgIpc) is 3.26. The summed E-state index contributed by atoms with van der Waals surface area (Å²) in [5.41, 5.74) is 0. The van der Waals surface area contributed by atoms with Crippen LogP contribution in [0.2, 0.25) is 0 Å². The molecule has 0 heterocycles. The van der Waals surface area contributed by atoms with E-state index in [1.54, 1.807) is 0 Å². The molecule has 0 nitrogen and oxygen atoms in total. The van der Waals surface area contributed by atoms with Gasteiger partial charge in [-0.15, -0.1) is 0 Å². The van der Waals surface area contributed by atoms with Gasteiger partial charge < -0.3 is 0 Å². The Balaban J connectivity index is 1.26. The molecule has 22 heavy (non-hydrogen) atoms. The Labute approximate surface area is 146 Å². The molecule has 0 spiro atoms. The Kier molecular flexibility index (Phi) is 4.45. The Morgan fingerprint density at radius 2 is 1.23 bits per heavy atom. The van der Waals surface area contributed by atoms with E-state index in [1.165, 1.54) is 61.1 Å². The van der Waals surface area contributed by atoms with E-state index in [2.05, 4.69) is 6.92 Å². The van der Waals surface area contributed by atoms with Crippen LogP contribution in [0.5, 0.6) is 0 Å². The molecule has 6 unspecified atom stereocenters. The van der Waals surface area contributed by atoms with Crippen LogP contribution in [0.1, 0.15) is 71.1 Å². The summed E-state index contributed by atoms with van der Waals surface area (Å²) < 4.78 is 0. The lowest BCUT2D eigenvalue weighted by Crippen LogP contribution is -2.24. The van der Waals surface area contributed by atoms with Gasteiger partial charge in [-0.05, 0) is 103 Å². The van der Waals surface area contributed by atoms with Gasteiger partial charge in [0.1, 0.15) is 0 Å². The zero-order valence-corrected chi connectivity index (χ0v) is 15.6. The summed E-state index contributed by atoms with van der Waals surface area (Å²) in [6, 6.07) is 0. The largest absolute Gasteiger partial charge is 0.0894 e. The number of thiocarbonyl (C=S) groups is 2. The molecule has 0 aliphatic heterocycles. The lowest BCUT2D eigenvalue weighted by atomic mass is 9.80. The van der Waals surface area contributed by atoms with Crippen molar-refractivity contribution in [3.8, 4) is 0 Å². The van der Waals surface area contributed by atoms with Gasteiger partial charge in [0.2, 0.25) is 0 Å². The summed E-state index contributed by atoms with van der Waals surface area (Å²) in [6.07, 6.45) is 13.9. The van der Waals surface area contributed by atoms with Gasteiger partial charge in [0.05, 0.1) is 0 Å². The van der Waals surface area contributed by atoms with E-state index in [0.717, 1.165) is 48.3 Å². The molecule has 4 rings (SSSR count). The lowest BCUT2D eigenvalue weighted by molar-refractivity contribution is 0.404. The summed E-state index contributed by atoms with van der Waals surface area (Å²) >= 11 is 11.7. The van der Waals surface area contributed by atoms with E-state index in [0.29, 0.717) is 5.92 Å². The molecule has 0 saturated heterocycles. The van der Waals surface area contributed by atoms with E-state index in [1.807, 2.05) is 0 Å². The highest BCUT2D eigenvalue weighted by Crippen LogP contribution is 2.51. The van der Waals surface area contributed by atoms with Gasteiger partial charge in [0.15, 0.2) is 0 Å². The normalized spacial score (nSPS) is 43.7. The van der Waals surface area contributed by atoms with Crippen molar-refractivity contribution in [3.05, 3.63) is 0 Å². The number of rotatable bonds is 6. The SMILES string of the molecule is CC(CC(=S)C1CC2CCC1C2)CC(=S)C1CC2CCC1C2. The topological polar surface area (TPSA) is 0 Å². The van der Waals surface area contributed by atoms with Crippen molar-refractivity contribution in [2.24, 2.45) is 41.4 Å². The predicted octanol–water partition coefficient (Wildman–Crippen LogP) is 6.01. The minimum atomic E-state index is 0.679. The zero-order valence-electron chi connectivity index (χ0n) is 13.9. The van der Waals surface area contributed by atoms with Crippen LogP contribution in [0.4, 0.5) is 0 Å². The minimum Gasteiger partial charge on any atom is -0.0894 e. The molecule has 6 atom stereocenters. The van der Waals surface area contributed by atoms with Gasteiger partial charge in [-0.25, -0.2) is 0 Å². The maximum Gasteiger partial charge on any atom is -0.00350 e. The van der Waals surface area contributed by atoms with Crippen molar-refractivity contribution in [2.75, 3.05) is 0 Å². The highest BCUT2D eigenvalue weighted by atomic mass is 32.1. The summed E-state index contributed by atoms with van der Waals surface area (Å²) in [7, 11) is 0. The number of hydrogen-bond acceptors (Lipinski definition) is 2. The molecule has 2 heteroatoms. The van der Waals surface area contributed by atoms with E-state index < -0.39 is 0 Å². The van der Waals surface area contributed by atoms with Crippen molar-refractivity contribution >= 4 is 34.2 Å². The smallest absolute Gasteiger partial charge is 0.00350 e. The van der Waals surface area contributed by atoms with E-state index in [4.69, 9.17) is 24.4 Å². The Bertz CT molecular complexity index is 426. The van der Waals surface area contributed by atoms with Gasteiger partial charge in [0, 0.05) is 0 Å². The van der Waals surface area contributed by atoms with Crippen LogP contribution in [-0.2, 0) is 0 Å². The first-order chi connectivity index (χ1) is 10.6. The lowest BCUT2D eigenvalue weighted by Gasteiger charge is -2.27. The first-order valence-corrected chi connectivity index (χ1v) is 10.5. The number of hydrogen-bond donors (Lipinski definition) is 0. The second kappa shape index (κ2) is 6.24. The van der Waals surface area contributed by atoms with Crippen LogP contribution >= 0.6 is 24.4 Å². The fraction of sp³-hybridized carbons (Fsp3) is 0.900. The maximum atomic E-state index is 5.85. The molecule has 0 radical (unpaired) electrons. The van der Waals surface area contributed by atoms with Crippen molar-refractivity contribution < 1.29 is 0 Å². The first-order valence-electron chi connectivity index (χ1n) is 9.65. The van der Waals surface area contributed by atoms with Crippen LogP contribution in [0.25, 0.3) is 0 Å². The van der Waals surface area contributed by atoms with Crippen LogP contribution < -0.4 is 0 Å².